The molecule has 0 bridgehead atoms. The van der Waals surface area contributed by atoms with Crippen molar-refractivity contribution in [2.45, 2.75) is 12.0 Å². The van der Waals surface area contributed by atoms with Crippen molar-refractivity contribution in [3.05, 3.63) is 35.9 Å². The van der Waals surface area contributed by atoms with Gasteiger partial charge in [-0.3, -0.25) is 4.79 Å². The molecular weight excluding hydrogens is 230 g/mol. The van der Waals surface area contributed by atoms with Crippen LogP contribution in [0.4, 0.5) is 8.78 Å². The average molecular weight is 244 g/mol. The third-order valence-electron chi connectivity index (χ3n) is 2.19. The maximum atomic E-state index is 12.7. The fourth-order valence-corrected chi connectivity index (χ4v) is 1.19. The Morgan fingerprint density at radius 1 is 1.41 bits per heavy atom. The standard InChI is InChI=1S/C11H14F2N2O2/c12-11(13,7-16)6-15-10(17)9(14)8-4-2-1-3-5-8/h1-5,9,16H,6-7,14H2,(H,15,17)/t9-/m0/s1. The molecule has 0 fully saturated rings. The van der Waals surface area contributed by atoms with E-state index >= 15 is 0 Å². The zero-order valence-corrected chi connectivity index (χ0v) is 9.07. The first-order valence-electron chi connectivity index (χ1n) is 5.03. The highest BCUT2D eigenvalue weighted by molar-refractivity contribution is 5.82. The molecule has 0 aliphatic heterocycles. The molecule has 94 valence electrons. The molecule has 0 unspecified atom stereocenters. The fraction of sp³-hybridized carbons (Fsp3) is 0.364. The van der Waals surface area contributed by atoms with Crippen LogP contribution >= 0.6 is 0 Å². The number of carbonyl (C=O) groups is 1. The first-order valence-corrected chi connectivity index (χ1v) is 5.03. The van der Waals surface area contributed by atoms with Crippen molar-refractivity contribution in [1.29, 1.82) is 0 Å². The minimum Gasteiger partial charge on any atom is -0.390 e. The van der Waals surface area contributed by atoms with E-state index in [1.165, 1.54) is 0 Å². The lowest BCUT2D eigenvalue weighted by molar-refractivity contribution is -0.125. The summed E-state index contributed by atoms with van der Waals surface area (Å²) in [4.78, 5) is 11.5. The van der Waals surface area contributed by atoms with E-state index in [2.05, 4.69) is 0 Å². The van der Waals surface area contributed by atoms with Gasteiger partial charge in [0, 0.05) is 0 Å². The molecule has 0 saturated carbocycles. The van der Waals surface area contributed by atoms with Gasteiger partial charge >= 0.3 is 0 Å². The van der Waals surface area contributed by atoms with E-state index in [-0.39, 0.29) is 0 Å². The van der Waals surface area contributed by atoms with Crippen molar-refractivity contribution >= 4 is 5.91 Å². The quantitative estimate of drug-likeness (QED) is 0.703. The molecule has 0 aromatic heterocycles. The van der Waals surface area contributed by atoms with Gasteiger partial charge in [-0.1, -0.05) is 30.3 Å². The highest BCUT2D eigenvalue weighted by Gasteiger charge is 2.29. The molecule has 0 radical (unpaired) electrons. The zero-order valence-electron chi connectivity index (χ0n) is 9.07. The third-order valence-corrected chi connectivity index (χ3v) is 2.19. The normalized spacial score (nSPS) is 13.2. The molecule has 6 heteroatoms. The Morgan fingerprint density at radius 3 is 2.53 bits per heavy atom. The van der Waals surface area contributed by atoms with Crippen molar-refractivity contribution in [3.63, 3.8) is 0 Å². The van der Waals surface area contributed by atoms with Crippen LogP contribution in [0.15, 0.2) is 30.3 Å². The zero-order chi connectivity index (χ0) is 12.9. The number of nitrogens with one attached hydrogen (secondary N) is 1. The van der Waals surface area contributed by atoms with Crippen LogP contribution in [0.25, 0.3) is 0 Å². The molecular formula is C11H14F2N2O2. The summed E-state index contributed by atoms with van der Waals surface area (Å²) >= 11 is 0. The van der Waals surface area contributed by atoms with Gasteiger partial charge in [0.25, 0.3) is 5.92 Å². The van der Waals surface area contributed by atoms with E-state index in [1.807, 2.05) is 5.32 Å². The van der Waals surface area contributed by atoms with E-state index in [1.54, 1.807) is 30.3 Å². The van der Waals surface area contributed by atoms with E-state index < -0.39 is 31.0 Å². The van der Waals surface area contributed by atoms with Crippen molar-refractivity contribution in [1.82, 2.24) is 5.32 Å². The first kappa shape index (κ1) is 13.5. The van der Waals surface area contributed by atoms with Gasteiger partial charge in [-0.15, -0.1) is 0 Å². The second kappa shape index (κ2) is 5.70. The lowest BCUT2D eigenvalue weighted by Crippen LogP contribution is -2.42. The van der Waals surface area contributed by atoms with Gasteiger partial charge in [0.2, 0.25) is 5.91 Å². The number of aliphatic hydroxyl groups is 1. The second-order valence-electron chi connectivity index (χ2n) is 3.62. The van der Waals surface area contributed by atoms with Crippen LogP contribution < -0.4 is 11.1 Å². The van der Waals surface area contributed by atoms with Crippen molar-refractivity contribution in [2.24, 2.45) is 5.73 Å². The third kappa shape index (κ3) is 4.08. The number of nitrogens with two attached hydrogens (primary N) is 1. The summed E-state index contributed by atoms with van der Waals surface area (Å²) in [6, 6.07) is 7.43. The Kier molecular flexibility index (Phi) is 4.53. The average Bonchev–Trinajstić information content (AvgIpc) is 2.36. The lowest BCUT2D eigenvalue weighted by Gasteiger charge is -2.16. The first-order chi connectivity index (χ1) is 7.96. The molecule has 1 amide bonds. The number of amides is 1. The van der Waals surface area contributed by atoms with E-state index in [0.717, 1.165) is 0 Å². The summed E-state index contributed by atoms with van der Waals surface area (Å²) < 4.78 is 25.3. The minimum absolute atomic E-state index is 0.539. The van der Waals surface area contributed by atoms with Gasteiger partial charge in [-0.2, -0.15) is 0 Å². The van der Waals surface area contributed by atoms with Crippen LogP contribution in [0.2, 0.25) is 0 Å². The molecule has 1 aromatic carbocycles. The van der Waals surface area contributed by atoms with E-state index in [4.69, 9.17) is 10.8 Å². The summed E-state index contributed by atoms with van der Waals surface area (Å²) in [6.07, 6.45) is 0. The summed E-state index contributed by atoms with van der Waals surface area (Å²) in [5.74, 6) is -4.03. The highest BCUT2D eigenvalue weighted by atomic mass is 19.3. The molecule has 17 heavy (non-hydrogen) atoms. The van der Waals surface area contributed by atoms with Crippen LogP contribution in [0.3, 0.4) is 0 Å². The Balaban J connectivity index is 2.54. The monoisotopic (exact) mass is 244 g/mol. The Bertz CT molecular complexity index is 371. The maximum Gasteiger partial charge on any atom is 0.287 e. The van der Waals surface area contributed by atoms with Crippen molar-refractivity contribution in [2.75, 3.05) is 13.2 Å². The number of benzene rings is 1. The number of hydrogen-bond acceptors (Lipinski definition) is 3. The minimum atomic E-state index is -3.33. The van der Waals surface area contributed by atoms with E-state index in [9.17, 15) is 13.6 Å². The van der Waals surface area contributed by atoms with Crippen LogP contribution in [0, 0.1) is 0 Å². The number of hydrogen-bond donors (Lipinski definition) is 3. The summed E-state index contributed by atoms with van der Waals surface area (Å²) in [7, 11) is 0. The number of aliphatic hydroxyl groups excluding tert-OH is 1. The lowest BCUT2D eigenvalue weighted by atomic mass is 10.1. The van der Waals surface area contributed by atoms with Gasteiger partial charge in [-0.05, 0) is 5.56 Å². The molecule has 1 atom stereocenters. The predicted molar refractivity (Wildman–Crippen MR) is 58.4 cm³/mol. The number of carbonyl (C=O) groups excluding carboxylic acids is 1. The molecule has 1 rings (SSSR count). The predicted octanol–water partition coefficient (Wildman–Crippen LogP) is 0.430. The van der Waals surface area contributed by atoms with Crippen molar-refractivity contribution < 1.29 is 18.7 Å². The maximum absolute atomic E-state index is 12.7. The molecule has 0 saturated heterocycles. The van der Waals surface area contributed by atoms with Crippen LogP contribution in [0.5, 0.6) is 0 Å². The molecule has 0 heterocycles. The molecule has 0 aliphatic carbocycles. The van der Waals surface area contributed by atoms with Crippen LogP contribution in [0.1, 0.15) is 11.6 Å². The topological polar surface area (TPSA) is 75.4 Å². The van der Waals surface area contributed by atoms with Gasteiger partial charge in [0.05, 0.1) is 6.54 Å². The molecule has 4 N–H and O–H groups in total. The highest BCUT2D eigenvalue weighted by Crippen LogP contribution is 2.12. The molecule has 0 spiro atoms. The van der Waals surface area contributed by atoms with Crippen molar-refractivity contribution in [3.8, 4) is 0 Å². The summed E-state index contributed by atoms with van der Waals surface area (Å²) in [5.41, 5.74) is 6.13. The Labute approximate surface area is 97.4 Å². The summed E-state index contributed by atoms with van der Waals surface area (Å²) in [6.45, 7) is -2.24. The number of alkyl halides is 2. The number of rotatable bonds is 5. The molecule has 4 nitrogen and oxygen atoms in total. The molecule has 0 aliphatic rings. The fourth-order valence-electron chi connectivity index (χ4n) is 1.19. The Hall–Kier alpha value is -1.53. The number of halogens is 2. The summed E-state index contributed by atoms with van der Waals surface area (Å²) in [5, 5.41) is 10.3. The van der Waals surface area contributed by atoms with Crippen LogP contribution in [-0.4, -0.2) is 30.1 Å². The SMILES string of the molecule is N[C@H](C(=O)NCC(F)(F)CO)c1ccccc1. The van der Waals surface area contributed by atoms with Crippen LogP contribution in [-0.2, 0) is 4.79 Å². The van der Waals surface area contributed by atoms with Gasteiger partial charge < -0.3 is 16.2 Å². The molecule has 1 aromatic rings. The smallest absolute Gasteiger partial charge is 0.287 e. The van der Waals surface area contributed by atoms with Gasteiger partial charge in [-0.25, -0.2) is 8.78 Å². The van der Waals surface area contributed by atoms with E-state index in [0.29, 0.717) is 5.56 Å². The van der Waals surface area contributed by atoms with Gasteiger partial charge in [0.15, 0.2) is 0 Å². The largest absolute Gasteiger partial charge is 0.390 e. The second-order valence-corrected chi connectivity index (χ2v) is 3.62. The Morgan fingerprint density at radius 2 is 2.00 bits per heavy atom. The van der Waals surface area contributed by atoms with Gasteiger partial charge in [0.1, 0.15) is 12.6 Å².